The Bertz CT molecular complexity index is 221. The van der Waals surface area contributed by atoms with Crippen LogP contribution in [0.1, 0.15) is 60.3 Å². The fourth-order valence-corrected chi connectivity index (χ4v) is 1.79. The lowest BCUT2D eigenvalue weighted by atomic mass is 9.91. The van der Waals surface area contributed by atoms with Crippen LogP contribution in [0.5, 0.6) is 0 Å². The van der Waals surface area contributed by atoms with Crippen molar-refractivity contribution in [3.8, 4) is 0 Å². The van der Waals surface area contributed by atoms with Crippen LogP contribution in [0.25, 0.3) is 0 Å². The normalized spacial score (nSPS) is 11.6. The Kier molecular flexibility index (Phi) is 9.08. The summed E-state index contributed by atoms with van der Waals surface area (Å²) in [6.07, 6.45) is 4.03. The monoisotopic (exact) mass is 256 g/mol. The van der Waals surface area contributed by atoms with Crippen LogP contribution >= 0.6 is 0 Å². The van der Waals surface area contributed by atoms with Crippen LogP contribution in [-0.2, 0) is 4.79 Å². The molecule has 18 heavy (non-hydrogen) atoms. The Morgan fingerprint density at radius 1 is 1.06 bits per heavy atom. The lowest BCUT2D eigenvalue weighted by Crippen LogP contribution is -2.39. The predicted molar refractivity (Wildman–Crippen MR) is 78.7 cm³/mol. The van der Waals surface area contributed by atoms with E-state index in [9.17, 15) is 4.79 Å². The van der Waals surface area contributed by atoms with Crippen molar-refractivity contribution in [2.45, 2.75) is 60.3 Å². The highest BCUT2D eigenvalue weighted by molar-refractivity contribution is 5.76. The lowest BCUT2D eigenvalue weighted by molar-refractivity contribution is -0.133. The fraction of sp³-hybridized carbons (Fsp3) is 0.933. The topological polar surface area (TPSA) is 32.3 Å². The zero-order chi connectivity index (χ0) is 14.0. The number of rotatable bonds is 9. The number of carbonyl (C=O) groups is 1. The van der Waals surface area contributed by atoms with Crippen LogP contribution in [0.15, 0.2) is 0 Å². The Morgan fingerprint density at radius 2 is 1.72 bits per heavy atom. The molecule has 3 nitrogen and oxygen atoms in total. The van der Waals surface area contributed by atoms with Crippen molar-refractivity contribution in [2.75, 3.05) is 26.2 Å². The molecule has 3 heteroatoms. The quantitative estimate of drug-likeness (QED) is 0.643. The van der Waals surface area contributed by atoms with E-state index in [4.69, 9.17) is 0 Å². The minimum atomic E-state index is 0.0817. The van der Waals surface area contributed by atoms with E-state index in [0.717, 1.165) is 45.4 Å². The summed E-state index contributed by atoms with van der Waals surface area (Å²) in [4.78, 5) is 14.3. The van der Waals surface area contributed by atoms with Crippen molar-refractivity contribution in [1.29, 1.82) is 0 Å². The third-order valence-electron chi connectivity index (χ3n) is 2.80. The zero-order valence-corrected chi connectivity index (χ0v) is 13.0. The minimum absolute atomic E-state index is 0.0817. The van der Waals surface area contributed by atoms with E-state index < -0.39 is 0 Å². The maximum Gasteiger partial charge on any atom is 0.223 e. The van der Waals surface area contributed by atoms with Crippen LogP contribution in [-0.4, -0.2) is 37.0 Å². The Labute approximate surface area is 113 Å². The molecule has 0 fully saturated rings. The summed E-state index contributed by atoms with van der Waals surface area (Å²) in [7, 11) is 0. The summed E-state index contributed by atoms with van der Waals surface area (Å²) in [6.45, 7) is 14.4. The molecule has 1 amide bonds. The summed E-state index contributed by atoms with van der Waals surface area (Å²) in [6, 6.07) is 0. The number of carbonyl (C=O) groups excluding carboxylic acids is 1. The van der Waals surface area contributed by atoms with Crippen molar-refractivity contribution in [3.05, 3.63) is 0 Å². The summed E-state index contributed by atoms with van der Waals surface area (Å²) in [5.41, 5.74) is 0.0817. The van der Waals surface area contributed by atoms with Crippen LogP contribution < -0.4 is 5.32 Å². The second kappa shape index (κ2) is 9.37. The van der Waals surface area contributed by atoms with Gasteiger partial charge in [0.1, 0.15) is 0 Å². The summed E-state index contributed by atoms with van der Waals surface area (Å²) in [5.74, 6) is 0.300. The number of nitrogens with zero attached hydrogens (tertiary/aromatic N) is 1. The molecule has 0 aliphatic carbocycles. The van der Waals surface area contributed by atoms with E-state index in [1.54, 1.807) is 0 Å². The summed E-state index contributed by atoms with van der Waals surface area (Å²) < 4.78 is 0. The molecule has 0 radical (unpaired) electrons. The van der Waals surface area contributed by atoms with Gasteiger partial charge in [0.05, 0.1) is 0 Å². The average Bonchev–Trinajstić information content (AvgIpc) is 2.25. The van der Waals surface area contributed by atoms with Gasteiger partial charge in [-0.1, -0.05) is 41.0 Å². The molecule has 0 rings (SSSR count). The number of hydrogen-bond acceptors (Lipinski definition) is 2. The Hall–Kier alpha value is -0.570. The molecular formula is C15H32N2O. The molecule has 0 saturated heterocycles. The van der Waals surface area contributed by atoms with Crippen molar-refractivity contribution in [3.63, 3.8) is 0 Å². The molecule has 0 aliphatic rings. The standard InChI is InChI=1S/C15H32N2O/c1-6-8-11-17(12-10-16-9-7-2)14(18)13-15(3,4)5/h16H,6-13H2,1-5H3. The first kappa shape index (κ1) is 17.4. The molecule has 0 spiro atoms. The molecule has 0 saturated carbocycles. The molecule has 0 unspecified atom stereocenters. The van der Waals surface area contributed by atoms with E-state index in [1.807, 2.05) is 4.90 Å². The highest BCUT2D eigenvalue weighted by Crippen LogP contribution is 2.19. The second-order valence-electron chi connectivity index (χ2n) is 6.22. The molecule has 0 bridgehead atoms. The molecule has 0 heterocycles. The summed E-state index contributed by atoms with van der Waals surface area (Å²) >= 11 is 0. The molecule has 0 aromatic rings. The van der Waals surface area contributed by atoms with Crippen molar-refractivity contribution in [2.24, 2.45) is 5.41 Å². The molecule has 0 atom stereocenters. The van der Waals surface area contributed by atoms with Gasteiger partial charge >= 0.3 is 0 Å². The van der Waals surface area contributed by atoms with Gasteiger partial charge in [0.2, 0.25) is 5.91 Å². The first-order chi connectivity index (χ1) is 8.40. The number of unbranched alkanes of at least 4 members (excludes halogenated alkanes) is 1. The van der Waals surface area contributed by atoms with E-state index in [-0.39, 0.29) is 5.41 Å². The van der Waals surface area contributed by atoms with Crippen LogP contribution in [0.2, 0.25) is 0 Å². The van der Waals surface area contributed by atoms with Crippen LogP contribution in [0.3, 0.4) is 0 Å². The highest BCUT2D eigenvalue weighted by Gasteiger charge is 2.20. The van der Waals surface area contributed by atoms with Gasteiger partial charge in [0, 0.05) is 26.1 Å². The van der Waals surface area contributed by atoms with Crippen LogP contribution in [0.4, 0.5) is 0 Å². The van der Waals surface area contributed by atoms with Gasteiger partial charge < -0.3 is 10.2 Å². The third-order valence-corrected chi connectivity index (χ3v) is 2.80. The molecule has 0 aromatic heterocycles. The van der Waals surface area contributed by atoms with Gasteiger partial charge in [-0.25, -0.2) is 0 Å². The predicted octanol–water partition coefficient (Wildman–Crippen LogP) is 3.05. The van der Waals surface area contributed by atoms with Gasteiger partial charge in [-0.15, -0.1) is 0 Å². The first-order valence-corrected chi connectivity index (χ1v) is 7.39. The van der Waals surface area contributed by atoms with Gasteiger partial charge in [-0.05, 0) is 24.8 Å². The smallest absolute Gasteiger partial charge is 0.223 e. The lowest BCUT2D eigenvalue weighted by Gasteiger charge is -2.27. The maximum absolute atomic E-state index is 12.2. The minimum Gasteiger partial charge on any atom is -0.341 e. The van der Waals surface area contributed by atoms with Crippen molar-refractivity contribution >= 4 is 5.91 Å². The van der Waals surface area contributed by atoms with Gasteiger partial charge in [0.15, 0.2) is 0 Å². The third kappa shape index (κ3) is 9.46. The van der Waals surface area contributed by atoms with E-state index in [0.29, 0.717) is 12.3 Å². The SMILES string of the molecule is CCCCN(CCNCCC)C(=O)CC(C)(C)C. The van der Waals surface area contributed by atoms with Crippen molar-refractivity contribution < 1.29 is 4.79 Å². The van der Waals surface area contributed by atoms with E-state index >= 15 is 0 Å². The second-order valence-corrected chi connectivity index (χ2v) is 6.22. The maximum atomic E-state index is 12.2. The molecule has 0 aromatic carbocycles. The molecule has 108 valence electrons. The largest absolute Gasteiger partial charge is 0.341 e. The number of amides is 1. The Morgan fingerprint density at radius 3 is 2.22 bits per heavy atom. The van der Waals surface area contributed by atoms with Crippen LogP contribution in [0, 0.1) is 5.41 Å². The fourth-order valence-electron chi connectivity index (χ4n) is 1.79. The van der Waals surface area contributed by atoms with Gasteiger partial charge in [0.25, 0.3) is 0 Å². The van der Waals surface area contributed by atoms with Crippen molar-refractivity contribution in [1.82, 2.24) is 10.2 Å². The Balaban J connectivity index is 4.15. The first-order valence-electron chi connectivity index (χ1n) is 7.39. The molecular weight excluding hydrogens is 224 g/mol. The highest BCUT2D eigenvalue weighted by atomic mass is 16.2. The van der Waals surface area contributed by atoms with E-state index in [1.165, 1.54) is 0 Å². The molecule has 0 aliphatic heterocycles. The molecule has 1 N–H and O–H groups in total. The van der Waals surface area contributed by atoms with Gasteiger partial charge in [-0.3, -0.25) is 4.79 Å². The summed E-state index contributed by atoms with van der Waals surface area (Å²) in [5, 5.41) is 3.37. The average molecular weight is 256 g/mol. The zero-order valence-electron chi connectivity index (χ0n) is 13.0. The van der Waals surface area contributed by atoms with E-state index in [2.05, 4.69) is 39.9 Å². The number of hydrogen-bond donors (Lipinski definition) is 1. The van der Waals surface area contributed by atoms with Gasteiger partial charge in [-0.2, -0.15) is 0 Å². The number of nitrogens with one attached hydrogen (secondary N) is 1.